The number of aromatic amines is 1. The molecule has 1 aromatic carbocycles. The van der Waals surface area contributed by atoms with Crippen LogP contribution in [0.15, 0.2) is 16.9 Å². The monoisotopic (exact) mass is 384 g/mol. The summed E-state index contributed by atoms with van der Waals surface area (Å²) in [5, 5.41) is -0.452. The molecule has 1 aromatic heterocycles. The summed E-state index contributed by atoms with van der Waals surface area (Å²) in [6.07, 6.45) is -11.3. The van der Waals surface area contributed by atoms with Gasteiger partial charge in [0.25, 0.3) is 12.0 Å². The van der Waals surface area contributed by atoms with Crippen LogP contribution in [-0.4, -0.2) is 37.3 Å². The van der Waals surface area contributed by atoms with Gasteiger partial charge in [-0.3, -0.25) is 4.79 Å². The number of aromatic nitrogens is 1. The van der Waals surface area contributed by atoms with Crippen LogP contribution in [0.4, 0.5) is 36.4 Å². The predicted octanol–water partition coefficient (Wildman–Crippen LogP) is 3.70. The lowest BCUT2D eigenvalue weighted by molar-refractivity contribution is -0.120. The molecule has 1 unspecified atom stereocenters. The zero-order valence-electron chi connectivity index (χ0n) is 12.8. The number of fused-ring (bicyclic) bond motifs is 2. The Hall–Kier alpha value is -2.46. The molecule has 0 bridgehead atoms. The van der Waals surface area contributed by atoms with Crippen LogP contribution in [0.5, 0.6) is 5.75 Å². The molecule has 142 valence electrons. The van der Waals surface area contributed by atoms with E-state index in [0.717, 1.165) is 17.0 Å². The lowest BCUT2D eigenvalue weighted by atomic mass is 10.0. The van der Waals surface area contributed by atoms with Gasteiger partial charge < -0.3 is 14.6 Å². The highest BCUT2D eigenvalue weighted by Crippen LogP contribution is 2.40. The van der Waals surface area contributed by atoms with E-state index in [2.05, 4.69) is 0 Å². The second kappa shape index (κ2) is 6.36. The Morgan fingerprint density at radius 3 is 2.54 bits per heavy atom. The van der Waals surface area contributed by atoms with Crippen molar-refractivity contribution in [2.24, 2.45) is 0 Å². The molecule has 3 rings (SSSR count). The number of nitrogens with zero attached hydrogens (tertiary/aromatic N) is 1. The smallest absolute Gasteiger partial charge is 0.405 e. The van der Waals surface area contributed by atoms with E-state index >= 15 is 0 Å². The third-order valence-electron chi connectivity index (χ3n) is 3.90. The SMILES string of the molecule is O=c1[nH]c2cc3c(cc2c(C(F)C(F)F)c1F)N(CC(F)(F)F)CCO3. The molecule has 1 aliphatic heterocycles. The van der Waals surface area contributed by atoms with Crippen LogP contribution in [-0.2, 0) is 0 Å². The first-order valence-corrected chi connectivity index (χ1v) is 7.34. The summed E-state index contributed by atoms with van der Waals surface area (Å²) in [5.74, 6) is -1.81. The molecule has 0 radical (unpaired) electrons. The van der Waals surface area contributed by atoms with E-state index in [1.54, 1.807) is 0 Å². The van der Waals surface area contributed by atoms with E-state index in [-0.39, 0.29) is 30.1 Å². The lowest BCUT2D eigenvalue weighted by Crippen LogP contribution is -2.39. The van der Waals surface area contributed by atoms with Gasteiger partial charge >= 0.3 is 6.18 Å². The van der Waals surface area contributed by atoms with Gasteiger partial charge in [0.05, 0.1) is 17.7 Å². The van der Waals surface area contributed by atoms with Crippen molar-refractivity contribution in [3.8, 4) is 5.75 Å². The minimum atomic E-state index is -4.56. The maximum absolute atomic E-state index is 14.0. The molecule has 1 N–H and O–H groups in total. The van der Waals surface area contributed by atoms with Gasteiger partial charge in [-0.2, -0.15) is 13.2 Å². The number of benzene rings is 1. The molecule has 0 aliphatic carbocycles. The average Bonchev–Trinajstić information content (AvgIpc) is 2.53. The molecular formula is C15H11F7N2O2. The molecule has 1 aliphatic rings. The highest BCUT2D eigenvalue weighted by molar-refractivity contribution is 5.89. The number of nitrogens with one attached hydrogen (secondary N) is 1. The number of alkyl halides is 6. The van der Waals surface area contributed by atoms with Gasteiger partial charge in [0.15, 0.2) is 12.0 Å². The second-order valence-corrected chi connectivity index (χ2v) is 5.67. The Bertz CT molecular complexity index is 894. The summed E-state index contributed by atoms with van der Waals surface area (Å²) < 4.78 is 96.8. The summed E-state index contributed by atoms with van der Waals surface area (Å²) >= 11 is 0. The maximum atomic E-state index is 14.0. The van der Waals surface area contributed by atoms with Crippen molar-refractivity contribution in [2.75, 3.05) is 24.6 Å². The van der Waals surface area contributed by atoms with Crippen molar-refractivity contribution < 1.29 is 35.5 Å². The molecule has 0 saturated heterocycles. The molecule has 4 nitrogen and oxygen atoms in total. The fourth-order valence-electron chi connectivity index (χ4n) is 2.84. The van der Waals surface area contributed by atoms with Crippen LogP contribution >= 0.6 is 0 Å². The van der Waals surface area contributed by atoms with E-state index in [0.29, 0.717) is 0 Å². The van der Waals surface area contributed by atoms with Crippen molar-refractivity contribution in [3.05, 3.63) is 33.9 Å². The van der Waals surface area contributed by atoms with E-state index in [1.807, 2.05) is 4.98 Å². The number of pyridine rings is 1. The van der Waals surface area contributed by atoms with Gasteiger partial charge in [0, 0.05) is 17.0 Å². The molecule has 1 atom stereocenters. The van der Waals surface area contributed by atoms with E-state index in [1.165, 1.54) is 0 Å². The second-order valence-electron chi connectivity index (χ2n) is 5.67. The summed E-state index contributed by atoms with van der Waals surface area (Å²) in [6.45, 7) is -1.60. The van der Waals surface area contributed by atoms with E-state index < -0.39 is 47.6 Å². The molecule has 26 heavy (non-hydrogen) atoms. The minimum Gasteiger partial charge on any atom is -0.489 e. The Kier molecular flexibility index (Phi) is 4.49. The van der Waals surface area contributed by atoms with Crippen LogP contribution in [0.2, 0.25) is 0 Å². The summed E-state index contributed by atoms with van der Waals surface area (Å²) in [5.41, 5.74) is -2.99. The maximum Gasteiger partial charge on any atom is 0.405 e. The van der Waals surface area contributed by atoms with Crippen molar-refractivity contribution >= 4 is 16.6 Å². The lowest BCUT2D eigenvalue weighted by Gasteiger charge is -2.32. The van der Waals surface area contributed by atoms with Crippen molar-refractivity contribution in [1.82, 2.24) is 4.98 Å². The standard InChI is InChI=1S/C15H11F7N2O2/c16-11(13(18)19)10-6-3-8-9(4-7(6)23-14(25)12(10)17)26-2-1-24(8)5-15(20,21)22/h3-4,11,13H,1-2,5H2,(H,23,25). The Morgan fingerprint density at radius 2 is 1.92 bits per heavy atom. The quantitative estimate of drug-likeness (QED) is 0.821. The van der Waals surface area contributed by atoms with Gasteiger partial charge in [-0.1, -0.05) is 0 Å². The van der Waals surface area contributed by atoms with E-state index in [4.69, 9.17) is 4.74 Å². The topological polar surface area (TPSA) is 45.3 Å². The normalized spacial score (nSPS) is 15.9. The minimum absolute atomic E-state index is 0.0614. The first kappa shape index (κ1) is 18.3. The van der Waals surface area contributed by atoms with Gasteiger partial charge in [0.1, 0.15) is 18.9 Å². The number of rotatable bonds is 3. The number of H-pyrrole nitrogens is 1. The molecule has 0 fully saturated rings. The van der Waals surface area contributed by atoms with Gasteiger partial charge in [0.2, 0.25) is 0 Å². The summed E-state index contributed by atoms with van der Waals surface area (Å²) in [6, 6.07) is 1.98. The van der Waals surface area contributed by atoms with Gasteiger partial charge in [-0.15, -0.1) is 0 Å². The highest BCUT2D eigenvalue weighted by Gasteiger charge is 2.35. The zero-order valence-corrected chi connectivity index (χ0v) is 12.8. The Labute approximate surface area is 141 Å². The third kappa shape index (κ3) is 3.29. The van der Waals surface area contributed by atoms with Crippen molar-refractivity contribution in [2.45, 2.75) is 18.8 Å². The number of halogens is 7. The van der Waals surface area contributed by atoms with Crippen molar-refractivity contribution in [3.63, 3.8) is 0 Å². The fourth-order valence-corrected chi connectivity index (χ4v) is 2.84. The average molecular weight is 384 g/mol. The fraction of sp³-hybridized carbons (Fsp3) is 0.400. The van der Waals surface area contributed by atoms with Gasteiger partial charge in [-0.25, -0.2) is 17.6 Å². The summed E-state index contributed by atoms with van der Waals surface area (Å²) in [7, 11) is 0. The van der Waals surface area contributed by atoms with Gasteiger partial charge in [-0.05, 0) is 6.07 Å². The van der Waals surface area contributed by atoms with Crippen LogP contribution in [0.1, 0.15) is 11.7 Å². The molecule has 2 aromatic rings. The van der Waals surface area contributed by atoms with Crippen LogP contribution in [0, 0.1) is 5.82 Å². The number of ether oxygens (including phenoxy) is 1. The van der Waals surface area contributed by atoms with E-state index in [9.17, 15) is 35.5 Å². The number of hydrogen-bond acceptors (Lipinski definition) is 3. The molecular weight excluding hydrogens is 373 g/mol. The Morgan fingerprint density at radius 1 is 1.23 bits per heavy atom. The zero-order chi connectivity index (χ0) is 19.2. The molecule has 0 saturated carbocycles. The molecule has 0 amide bonds. The third-order valence-corrected chi connectivity index (χ3v) is 3.90. The Balaban J connectivity index is 2.24. The number of hydrogen-bond donors (Lipinski definition) is 1. The largest absolute Gasteiger partial charge is 0.489 e. The first-order chi connectivity index (χ1) is 12.1. The molecule has 2 heterocycles. The molecule has 11 heteroatoms. The summed E-state index contributed by atoms with van der Waals surface area (Å²) in [4.78, 5) is 14.5. The number of anilines is 1. The van der Waals surface area contributed by atoms with Crippen LogP contribution in [0.3, 0.4) is 0 Å². The van der Waals surface area contributed by atoms with Crippen molar-refractivity contribution in [1.29, 1.82) is 0 Å². The van der Waals surface area contributed by atoms with Crippen LogP contribution in [0.25, 0.3) is 10.9 Å². The highest BCUT2D eigenvalue weighted by atomic mass is 19.4. The first-order valence-electron chi connectivity index (χ1n) is 7.34. The predicted molar refractivity (Wildman–Crippen MR) is 78.1 cm³/mol. The molecule has 0 spiro atoms. The van der Waals surface area contributed by atoms with Crippen LogP contribution < -0.4 is 15.2 Å².